The molecule has 0 bridgehead atoms. The number of aromatic nitrogens is 3. The van der Waals surface area contributed by atoms with Gasteiger partial charge in [0.05, 0.1) is 17.3 Å². The Kier molecular flexibility index (Phi) is 4.96. The van der Waals surface area contributed by atoms with Gasteiger partial charge in [-0.2, -0.15) is 18.3 Å². The molecule has 0 N–H and O–H groups in total. The van der Waals surface area contributed by atoms with Crippen molar-refractivity contribution in [2.24, 2.45) is 7.05 Å². The van der Waals surface area contributed by atoms with Gasteiger partial charge in [0.2, 0.25) is 0 Å². The maximum Gasteiger partial charge on any atom is 0.419 e. The Morgan fingerprint density at radius 1 is 1.31 bits per heavy atom. The molecule has 1 amide bonds. The van der Waals surface area contributed by atoms with E-state index in [-0.39, 0.29) is 35.3 Å². The lowest BCUT2D eigenvalue weighted by Gasteiger charge is -2.41. The second-order valence-electron chi connectivity index (χ2n) is 6.22. The lowest BCUT2D eigenvalue weighted by Crippen LogP contribution is -2.54. The van der Waals surface area contributed by atoms with Crippen LogP contribution in [0.3, 0.4) is 0 Å². The van der Waals surface area contributed by atoms with Gasteiger partial charge in [-0.25, -0.2) is 4.98 Å². The normalized spacial score (nSPS) is 18.3. The Bertz CT molecular complexity index is 822. The summed E-state index contributed by atoms with van der Waals surface area (Å²) in [4.78, 5) is 19.8. The lowest BCUT2D eigenvalue weighted by atomic mass is 10.1. The van der Waals surface area contributed by atoms with Crippen molar-refractivity contribution in [3.63, 3.8) is 0 Å². The molecule has 1 aliphatic rings. The highest BCUT2D eigenvalue weighted by atomic mass is 79.9. The van der Waals surface area contributed by atoms with E-state index in [1.54, 1.807) is 23.0 Å². The maximum atomic E-state index is 13.3. The van der Waals surface area contributed by atoms with Crippen molar-refractivity contribution in [2.45, 2.75) is 19.1 Å². The van der Waals surface area contributed by atoms with Crippen LogP contribution >= 0.6 is 15.9 Å². The number of carbonyl (C=O) groups is 1. The molecule has 3 heterocycles. The molecule has 1 aliphatic heterocycles. The number of pyridine rings is 1. The summed E-state index contributed by atoms with van der Waals surface area (Å²) < 4.78 is 41.9. The number of aryl methyl sites for hydroxylation is 1. The van der Waals surface area contributed by atoms with Crippen molar-refractivity contribution in [1.82, 2.24) is 19.7 Å². The molecular weight excluding hydrogens is 415 g/mol. The van der Waals surface area contributed by atoms with E-state index in [1.165, 1.54) is 17.1 Å². The lowest BCUT2D eigenvalue weighted by molar-refractivity contribution is -0.137. The third-order valence-corrected chi connectivity index (χ3v) is 4.71. The first-order chi connectivity index (χ1) is 12.2. The highest BCUT2D eigenvalue weighted by Crippen LogP contribution is 2.37. The molecule has 1 fully saturated rings. The van der Waals surface area contributed by atoms with Crippen LogP contribution in [-0.4, -0.2) is 51.2 Å². The molecule has 2 aromatic heterocycles. The third-order valence-electron chi connectivity index (χ3n) is 4.28. The molecule has 3 rings (SSSR count). The van der Waals surface area contributed by atoms with E-state index in [0.717, 1.165) is 6.07 Å². The van der Waals surface area contributed by atoms with Crippen molar-refractivity contribution in [1.29, 1.82) is 0 Å². The first kappa shape index (κ1) is 18.7. The number of halogens is 4. The minimum atomic E-state index is -4.50. The van der Waals surface area contributed by atoms with Gasteiger partial charge < -0.3 is 9.80 Å². The molecule has 0 spiro atoms. The zero-order valence-electron chi connectivity index (χ0n) is 14.2. The number of piperazine rings is 1. The zero-order chi connectivity index (χ0) is 19.1. The minimum absolute atomic E-state index is 0.110. The van der Waals surface area contributed by atoms with E-state index < -0.39 is 11.7 Å². The summed E-state index contributed by atoms with van der Waals surface area (Å²) in [7, 11) is 1.72. The summed E-state index contributed by atoms with van der Waals surface area (Å²) in [5, 5.41) is 3.99. The molecule has 0 radical (unpaired) electrons. The van der Waals surface area contributed by atoms with E-state index in [2.05, 4.69) is 26.0 Å². The van der Waals surface area contributed by atoms with Crippen LogP contribution in [0.25, 0.3) is 0 Å². The molecule has 1 atom stereocenters. The van der Waals surface area contributed by atoms with E-state index in [4.69, 9.17) is 0 Å². The number of anilines is 1. The van der Waals surface area contributed by atoms with Gasteiger partial charge in [0.1, 0.15) is 5.82 Å². The number of rotatable bonds is 2. The monoisotopic (exact) mass is 431 g/mol. The van der Waals surface area contributed by atoms with Gasteiger partial charge in [0.25, 0.3) is 5.91 Å². The maximum absolute atomic E-state index is 13.3. The number of nitrogens with zero attached hydrogens (tertiary/aromatic N) is 5. The van der Waals surface area contributed by atoms with Crippen molar-refractivity contribution in [3.05, 3.63) is 40.3 Å². The largest absolute Gasteiger partial charge is 0.419 e. The highest BCUT2D eigenvalue weighted by Gasteiger charge is 2.38. The topological polar surface area (TPSA) is 54.3 Å². The van der Waals surface area contributed by atoms with Crippen LogP contribution < -0.4 is 4.90 Å². The van der Waals surface area contributed by atoms with Gasteiger partial charge in [-0.3, -0.25) is 9.48 Å². The predicted octanol–water partition coefficient (Wildman–Crippen LogP) is 2.95. The average Bonchev–Trinajstić information content (AvgIpc) is 3.00. The van der Waals surface area contributed by atoms with E-state index in [9.17, 15) is 18.0 Å². The van der Waals surface area contributed by atoms with Gasteiger partial charge >= 0.3 is 6.18 Å². The first-order valence-electron chi connectivity index (χ1n) is 7.94. The molecule has 1 unspecified atom stereocenters. The number of hydrogen-bond acceptors (Lipinski definition) is 4. The SMILES string of the molecule is CC1CN(c2ncc(Br)cc2C(F)(F)F)CCN1C(=O)c1cnn(C)c1. The fourth-order valence-electron chi connectivity index (χ4n) is 3.04. The number of alkyl halides is 3. The average molecular weight is 432 g/mol. The van der Waals surface area contributed by atoms with E-state index in [1.807, 2.05) is 6.92 Å². The molecule has 2 aromatic rings. The van der Waals surface area contributed by atoms with Crippen LogP contribution in [0.15, 0.2) is 29.1 Å². The molecule has 140 valence electrons. The number of carbonyl (C=O) groups excluding carboxylic acids is 1. The van der Waals surface area contributed by atoms with Crippen molar-refractivity contribution < 1.29 is 18.0 Å². The van der Waals surface area contributed by atoms with Crippen molar-refractivity contribution >= 4 is 27.7 Å². The Labute approximate surface area is 156 Å². The van der Waals surface area contributed by atoms with Crippen LogP contribution in [0.4, 0.5) is 19.0 Å². The Balaban J connectivity index is 1.80. The molecule has 0 aliphatic carbocycles. The standard InChI is InChI=1S/C16H17BrF3N5O/c1-10-8-24(14-13(16(18,19)20)5-12(17)7-21-14)3-4-25(10)15(26)11-6-22-23(2)9-11/h5-7,9-10H,3-4,8H2,1-2H3. The zero-order valence-corrected chi connectivity index (χ0v) is 15.8. The minimum Gasteiger partial charge on any atom is -0.352 e. The molecule has 1 saturated heterocycles. The second-order valence-corrected chi connectivity index (χ2v) is 7.13. The van der Waals surface area contributed by atoms with E-state index in [0.29, 0.717) is 12.1 Å². The van der Waals surface area contributed by atoms with Crippen molar-refractivity contribution in [3.8, 4) is 0 Å². The summed E-state index contributed by atoms with van der Waals surface area (Å²) in [6.07, 6.45) is -0.0423. The number of hydrogen-bond donors (Lipinski definition) is 0. The third kappa shape index (κ3) is 3.69. The van der Waals surface area contributed by atoms with Crippen LogP contribution in [0.1, 0.15) is 22.8 Å². The van der Waals surface area contributed by atoms with Crippen LogP contribution in [0.5, 0.6) is 0 Å². The van der Waals surface area contributed by atoms with Crippen molar-refractivity contribution in [2.75, 3.05) is 24.5 Å². The summed E-state index contributed by atoms with van der Waals surface area (Å²) in [5.74, 6) is -0.286. The van der Waals surface area contributed by atoms with Gasteiger partial charge in [0, 0.05) is 49.6 Å². The van der Waals surface area contributed by atoms with E-state index >= 15 is 0 Å². The molecule has 0 aromatic carbocycles. The first-order valence-corrected chi connectivity index (χ1v) is 8.73. The summed E-state index contributed by atoms with van der Waals surface area (Å²) in [6.45, 7) is 2.66. The van der Waals surface area contributed by atoms with Crippen LogP contribution in [-0.2, 0) is 13.2 Å². The predicted molar refractivity (Wildman–Crippen MR) is 92.9 cm³/mol. The molecule has 0 saturated carbocycles. The van der Waals surface area contributed by atoms with Crippen LogP contribution in [0.2, 0.25) is 0 Å². The summed E-state index contributed by atoms with van der Waals surface area (Å²) >= 11 is 3.04. The summed E-state index contributed by atoms with van der Waals surface area (Å²) in [6, 6.07) is 0.767. The Morgan fingerprint density at radius 3 is 2.62 bits per heavy atom. The molecule has 26 heavy (non-hydrogen) atoms. The van der Waals surface area contributed by atoms with Gasteiger partial charge in [-0.05, 0) is 28.9 Å². The molecule has 10 heteroatoms. The van der Waals surface area contributed by atoms with Gasteiger partial charge in [0.15, 0.2) is 0 Å². The Morgan fingerprint density at radius 2 is 2.04 bits per heavy atom. The Hall–Kier alpha value is -2.10. The fourth-order valence-corrected chi connectivity index (χ4v) is 3.37. The van der Waals surface area contributed by atoms with Gasteiger partial charge in [-0.15, -0.1) is 0 Å². The highest BCUT2D eigenvalue weighted by molar-refractivity contribution is 9.10. The number of amides is 1. The summed E-state index contributed by atoms with van der Waals surface area (Å²) in [5.41, 5.74) is -0.323. The smallest absolute Gasteiger partial charge is 0.352 e. The fraction of sp³-hybridized carbons (Fsp3) is 0.438. The molecular formula is C16H17BrF3N5O. The quantitative estimate of drug-likeness (QED) is 0.733. The van der Waals surface area contributed by atoms with Gasteiger partial charge in [-0.1, -0.05) is 0 Å². The second kappa shape index (κ2) is 6.90. The van der Waals surface area contributed by atoms with Crippen LogP contribution in [0, 0.1) is 0 Å². The molecule has 6 nitrogen and oxygen atoms in total.